The van der Waals surface area contributed by atoms with Gasteiger partial charge in [-0.05, 0) is 62.3 Å². The minimum Gasteiger partial charge on any atom is -0.367 e. The normalized spacial score (nSPS) is 36.0. The molecule has 0 saturated carbocycles. The average molecular weight is 389 g/mol. The molecule has 2 saturated heterocycles. The van der Waals surface area contributed by atoms with Gasteiger partial charge in [-0.2, -0.15) is 0 Å². The summed E-state index contributed by atoms with van der Waals surface area (Å²) in [6.07, 6.45) is -0.926. The number of fused-ring (bicyclic) bond motifs is 2. The maximum Gasteiger partial charge on any atom is 0.176 e. The first-order valence-corrected chi connectivity index (χ1v) is 12.8. The van der Waals surface area contributed by atoms with E-state index < -0.39 is 14.2 Å². The largest absolute Gasteiger partial charge is 0.367 e. The van der Waals surface area contributed by atoms with E-state index in [0.717, 1.165) is 0 Å². The monoisotopic (exact) mass is 388 g/mol. The third kappa shape index (κ3) is 5.09. The summed E-state index contributed by atoms with van der Waals surface area (Å²) in [7, 11) is -1.39. The lowest BCUT2D eigenvalue weighted by atomic mass is 9.96. The Labute approximate surface area is 161 Å². The van der Waals surface area contributed by atoms with Crippen molar-refractivity contribution >= 4 is 8.80 Å². The molecule has 0 unspecified atom stereocenters. The second-order valence-corrected chi connectivity index (χ2v) is 14.0. The SMILES string of the molecule is C[SiH](C)[C@@]12OC[C@@H](O1)[C@@H](OC(C)(C)C)[C@H](OC(C)(C)C)[C@H]2OC(C)(C)C. The molecule has 0 spiro atoms. The molecule has 6 heteroatoms. The van der Waals surface area contributed by atoms with Crippen molar-refractivity contribution in [1.29, 1.82) is 0 Å². The average Bonchev–Trinajstić information content (AvgIpc) is 2.78. The summed E-state index contributed by atoms with van der Waals surface area (Å²) >= 11 is 0. The maximum atomic E-state index is 6.56. The predicted octanol–water partition coefficient (Wildman–Crippen LogP) is 3.69. The van der Waals surface area contributed by atoms with E-state index in [1.165, 1.54) is 0 Å². The summed E-state index contributed by atoms with van der Waals surface area (Å²) in [5, 5.41) is 0. The van der Waals surface area contributed by atoms with Gasteiger partial charge >= 0.3 is 0 Å². The van der Waals surface area contributed by atoms with Crippen LogP contribution in [0.5, 0.6) is 0 Å². The highest BCUT2D eigenvalue weighted by Gasteiger charge is 2.64. The Morgan fingerprint density at radius 2 is 1.23 bits per heavy atom. The van der Waals surface area contributed by atoms with Crippen LogP contribution in [0.15, 0.2) is 0 Å². The van der Waals surface area contributed by atoms with Crippen LogP contribution in [0.2, 0.25) is 13.1 Å². The van der Waals surface area contributed by atoms with Gasteiger partial charge in [-0.25, -0.2) is 0 Å². The fraction of sp³-hybridized carbons (Fsp3) is 1.00. The summed E-state index contributed by atoms with van der Waals surface area (Å²) < 4.78 is 32.4. The molecular formula is C20H40O5Si. The van der Waals surface area contributed by atoms with Crippen molar-refractivity contribution in [3.8, 4) is 0 Å². The van der Waals surface area contributed by atoms with Gasteiger partial charge in [0.1, 0.15) is 33.2 Å². The molecule has 0 aromatic heterocycles. The Hall–Kier alpha value is 0.0169. The van der Waals surface area contributed by atoms with E-state index >= 15 is 0 Å². The van der Waals surface area contributed by atoms with E-state index in [0.29, 0.717) is 6.61 Å². The van der Waals surface area contributed by atoms with Gasteiger partial charge in [-0.3, -0.25) is 0 Å². The summed E-state index contributed by atoms with van der Waals surface area (Å²) in [4.78, 5) is 0. The fourth-order valence-corrected chi connectivity index (χ4v) is 5.48. The van der Waals surface area contributed by atoms with Crippen LogP contribution in [0.4, 0.5) is 0 Å². The van der Waals surface area contributed by atoms with Crippen LogP contribution in [0, 0.1) is 0 Å². The first kappa shape index (κ1) is 22.3. The van der Waals surface area contributed by atoms with E-state index in [-0.39, 0.29) is 41.2 Å². The smallest absolute Gasteiger partial charge is 0.176 e. The highest BCUT2D eigenvalue weighted by molar-refractivity contribution is 6.59. The summed E-state index contributed by atoms with van der Waals surface area (Å²) in [5.74, 6) is 0. The zero-order chi connectivity index (χ0) is 20.1. The first-order valence-electron chi connectivity index (χ1n) is 9.89. The highest BCUT2D eigenvalue weighted by Crippen LogP contribution is 2.45. The zero-order valence-corrected chi connectivity index (χ0v) is 19.8. The number of hydrogen-bond donors (Lipinski definition) is 0. The molecule has 2 aliphatic rings. The molecule has 0 aromatic rings. The Bertz CT molecular complexity index is 488. The summed E-state index contributed by atoms with van der Waals surface area (Å²) in [6.45, 7) is 23.7. The van der Waals surface area contributed by atoms with Crippen LogP contribution >= 0.6 is 0 Å². The fourth-order valence-electron chi connectivity index (χ4n) is 3.69. The predicted molar refractivity (Wildman–Crippen MR) is 106 cm³/mol. The van der Waals surface area contributed by atoms with E-state index in [9.17, 15) is 0 Å². The summed E-state index contributed by atoms with van der Waals surface area (Å²) in [5.41, 5.74) is -1.64. The Morgan fingerprint density at radius 3 is 1.65 bits per heavy atom. The topological polar surface area (TPSA) is 46.2 Å². The molecule has 2 heterocycles. The van der Waals surface area contributed by atoms with Crippen molar-refractivity contribution in [1.82, 2.24) is 0 Å². The molecule has 0 radical (unpaired) electrons. The van der Waals surface area contributed by atoms with Crippen LogP contribution in [0.3, 0.4) is 0 Å². The van der Waals surface area contributed by atoms with Crippen LogP contribution in [0.1, 0.15) is 62.3 Å². The Morgan fingerprint density at radius 1 is 0.769 bits per heavy atom. The standard InChI is InChI=1S/C20H40O5Si/c1-17(2,3)23-14-13-12-21-20(22-13,26(10)11)16(25-19(7,8)9)15(14)24-18(4,5)6/h13-16,26H,12H2,1-11H3/t13-,14-,15+,16-,20+/m1/s1. The lowest BCUT2D eigenvalue weighted by Gasteiger charge is -2.52. The Balaban J connectivity index is 2.48. The van der Waals surface area contributed by atoms with Crippen molar-refractivity contribution in [3.05, 3.63) is 0 Å². The van der Waals surface area contributed by atoms with Gasteiger partial charge in [0, 0.05) is 0 Å². The lowest BCUT2D eigenvalue weighted by Crippen LogP contribution is -2.69. The number of rotatable bonds is 4. The van der Waals surface area contributed by atoms with E-state index in [1.807, 2.05) is 0 Å². The van der Waals surface area contributed by atoms with Crippen LogP contribution < -0.4 is 0 Å². The van der Waals surface area contributed by atoms with E-state index in [4.69, 9.17) is 23.7 Å². The molecule has 5 atom stereocenters. The van der Waals surface area contributed by atoms with Crippen LogP contribution in [-0.2, 0) is 23.7 Å². The highest BCUT2D eigenvalue weighted by atomic mass is 28.3. The van der Waals surface area contributed by atoms with Crippen molar-refractivity contribution in [2.75, 3.05) is 6.61 Å². The van der Waals surface area contributed by atoms with Gasteiger partial charge in [0.2, 0.25) is 0 Å². The molecule has 26 heavy (non-hydrogen) atoms. The van der Waals surface area contributed by atoms with Crippen molar-refractivity contribution in [3.63, 3.8) is 0 Å². The van der Waals surface area contributed by atoms with Gasteiger partial charge in [0.25, 0.3) is 0 Å². The second kappa shape index (κ2) is 7.12. The minimum absolute atomic E-state index is 0.128. The molecule has 5 nitrogen and oxygen atoms in total. The molecule has 0 aromatic carbocycles. The zero-order valence-electron chi connectivity index (χ0n) is 18.6. The lowest BCUT2D eigenvalue weighted by molar-refractivity contribution is -0.321. The maximum absolute atomic E-state index is 6.56. The van der Waals surface area contributed by atoms with Crippen LogP contribution in [-0.4, -0.2) is 62.0 Å². The third-order valence-corrected chi connectivity index (χ3v) is 6.70. The molecule has 2 bridgehead atoms. The Kier molecular flexibility index (Phi) is 6.11. The molecule has 2 fully saturated rings. The van der Waals surface area contributed by atoms with Crippen molar-refractivity contribution in [2.45, 2.75) is 122 Å². The summed E-state index contributed by atoms with van der Waals surface area (Å²) in [6, 6.07) is 0. The molecule has 2 rings (SSSR count). The molecular weight excluding hydrogens is 348 g/mol. The minimum atomic E-state index is -1.39. The molecule has 0 aliphatic carbocycles. The van der Waals surface area contributed by atoms with Gasteiger partial charge in [0.15, 0.2) is 5.41 Å². The molecule has 0 N–H and O–H groups in total. The van der Waals surface area contributed by atoms with Gasteiger partial charge in [-0.1, -0.05) is 13.1 Å². The molecule has 0 amide bonds. The van der Waals surface area contributed by atoms with Crippen molar-refractivity contribution < 1.29 is 23.7 Å². The number of ether oxygens (including phenoxy) is 5. The second-order valence-electron chi connectivity index (χ2n) is 10.9. The van der Waals surface area contributed by atoms with E-state index in [1.54, 1.807) is 0 Å². The third-order valence-electron chi connectivity index (χ3n) is 4.46. The van der Waals surface area contributed by atoms with Gasteiger partial charge in [0.05, 0.1) is 23.4 Å². The van der Waals surface area contributed by atoms with Gasteiger partial charge in [-0.15, -0.1) is 0 Å². The van der Waals surface area contributed by atoms with Gasteiger partial charge < -0.3 is 23.7 Å². The quantitative estimate of drug-likeness (QED) is 0.687. The van der Waals surface area contributed by atoms with Crippen LogP contribution in [0.25, 0.3) is 0 Å². The number of hydrogen-bond acceptors (Lipinski definition) is 5. The van der Waals surface area contributed by atoms with Crippen molar-refractivity contribution in [2.24, 2.45) is 0 Å². The molecule has 154 valence electrons. The first-order chi connectivity index (χ1) is 11.5. The molecule has 2 aliphatic heterocycles. The van der Waals surface area contributed by atoms with E-state index in [2.05, 4.69) is 75.4 Å².